The first kappa shape index (κ1) is 10.2. The fourth-order valence-corrected chi connectivity index (χ4v) is 1.13. The Morgan fingerprint density at radius 1 is 1.77 bits per heavy atom. The number of ether oxygens (including phenoxy) is 2. The van der Waals surface area contributed by atoms with E-state index in [4.69, 9.17) is 9.47 Å². The van der Waals surface area contributed by atoms with Crippen molar-refractivity contribution >= 4 is 5.97 Å². The van der Waals surface area contributed by atoms with Gasteiger partial charge in [0, 0.05) is 12.0 Å². The van der Waals surface area contributed by atoms with Crippen molar-refractivity contribution in [1.82, 2.24) is 0 Å². The summed E-state index contributed by atoms with van der Waals surface area (Å²) in [5.74, 6) is -1.85. The van der Waals surface area contributed by atoms with Crippen LogP contribution in [0.15, 0.2) is 12.2 Å². The zero-order valence-corrected chi connectivity index (χ0v) is 7.87. The van der Waals surface area contributed by atoms with Gasteiger partial charge in [0.25, 0.3) is 0 Å². The Hall–Kier alpha value is -0.870. The summed E-state index contributed by atoms with van der Waals surface area (Å²) < 4.78 is 9.96. The van der Waals surface area contributed by atoms with Gasteiger partial charge >= 0.3 is 5.97 Å². The molecule has 0 amide bonds. The topological polar surface area (TPSA) is 55.8 Å². The molecule has 1 rings (SSSR count). The summed E-state index contributed by atoms with van der Waals surface area (Å²) in [5.41, 5.74) is 0.322. The summed E-state index contributed by atoms with van der Waals surface area (Å²) in [7, 11) is 0. The van der Waals surface area contributed by atoms with Crippen molar-refractivity contribution in [3.63, 3.8) is 0 Å². The van der Waals surface area contributed by atoms with Gasteiger partial charge in [0.05, 0.1) is 6.61 Å². The van der Waals surface area contributed by atoms with Gasteiger partial charge < -0.3 is 14.6 Å². The van der Waals surface area contributed by atoms with Gasteiger partial charge in [0.2, 0.25) is 5.79 Å². The van der Waals surface area contributed by atoms with Crippen molar-refractivity contribution in [3.8, 4) is 0 Å². The van der Waals surface area contributed by atoms with E-state index in [-0.39, 0.29) is 0 Å². The third-order valence-corrected chi connectivity index (χ3v) is 1.97. The van der Waals surface area contributed by atoms with Crippen molar-refractivity contribution in [2.75, 3.05) is 6.61 Å². The van der Waals surface area contributed by atoms with Crippen molar-refractivity contribution in [2.24, 2.45) is 0 Å². The second kappa shape index (κ2) is 3.47. The van der Waals surface area contributed by atoms with Crippen LogP contribution in [-0.2, 0) is 14.3 Å². The minimum absolute atomic E-state index is 0.322. The lowest BCUT2D eigenvalue weighted by Crippen LogP contribution is -2.38. The zero-order valence-electron chi connectivity index (χ0n) is 7.87. The first-order valence-electron chi connectivity index (χ1n) is 4.16. The third kappa shape index (κ3) is 2.29. The van der Waals surface area contributed by atoms with E-state index >= 15 is 0 Å². The minimum Gasteiger partial charge on any atom is -0.453 e. The Bertz CT molecular complexity index is 232. The van der Waals surface area contributed by atoms with Crippen LogP contribution in [0.2, 0.25) is 0 Å². The molecule has 0 bridgehead atoms. The predicted octanol–water partition coefficient (Wildman–Crippen LogP) is 0.603. The summed E-state index contributed by atoms with van der Waals surface area (Å²) in [6.07, 6.45) is -0.0665. The molecule has 4 heteroatoms. The van der Waals surface area contributed by atoms with Crippen molar-refractivity contribution in [2.45, 2.75) is 32.2 Å². The molecule has 1 N–H and O–H groups in total. The first-order valence-corrected chi connectivity index (χ1v) is 4.16. The van der Waals surface area contributed by atoms with Gasteiger partial charge in [-0.1, -0.05) is 6.58 Å². The normalized spacial score (nSPS) is 33.0. The predicted molar refractivity (Wildman–Crippen MR) is 45.9 cm³/mol. The van der Waals surface area contributed by atoms with Gasteiger partial charge in [0.15, 0.2) is 6.10 Å². The summed E-state index contributed by atoms with van der Waals surface area (Å²) in [6, 6.07) is 0. The summed E-state index contributed by atoms with van der Waals surface area (Å²) in [6.45, 7) is 6.90. The lowest BCUT2D eigenvalue weighted by atomic mass is 10.1. The number of esters is 1. The van der Waals surface area contributed by atoms with Crippen LogP contribution in [0.5, 0.6) is 0 Å². The summed E-state index contributed by atoms with van der Waals surface area (Å²) in [5, 5.41) is 9.56. The monoisotopic (exact) mass is 186 g/mol. The van der Waals surface area contributed by atoms with E-state index in [1.54, 1.807) is 6.92 Å². The van der Waals surface area contributed by atoms with Gasteiger partial charge in [-0.05, 0) is 13.8 Å². The molecule has 0 aliphatic carbocycles. The lowest BCUT2D eigenvalue weighted by molar-refractivity contribution is -0.211. The van der Waals surface area contributed by atoms with Crippen LogP contribution in [-0.4, -0.2) is 29.6 Å². The zero-order chi connectivity index (χ0) is 10.1. The van der Waals surface area contributed by atoms with Gasteiger partial charge in [-0.3, -0.25) is 0 Å². The number of carbonyl (C=O) groups excluding carboxylic acids is 1. The Labute approximate surface area is 77.1 Å². The van der Waals surface area contributed by atoms with E-state index in [1.165, 1.54) is 6.92 Å². The highest BCUT2D eigenvalue weighted by molar-refractivity contribution is 5.87. The molecule has 1 saturated heterocycles. The fraction of sp³-hybridized carbons (Fsp3) is 0.667. The molecule has 1 heterocycles. The number of hydrogen-bond donors (Lipinski definition) is 1. The second-order valence-electron chi connectivity index (χ2n) is 3.37. The molecule has 0 aromatic heterocycles. The van der Waals surface area contributed by atoms with Crippen LogP contribution in [0.1, 0.15) is 20.3 Å². The maximum Gasteiger partial charge on any atom is 0.333 e. The Morgan fingerprint density at radius 2 is 2.38 bits per heavy atom. The Balaban J connectivity index is 2.54. The molecule has 1 aliphatic rings. The largest absolute Gasteiger partial charge is 0.453 e. The average Bonchev–Trinajstić information content (AvgIpc) is 2.30. The number of carbonyl (C=O) groups is 1. The highest BCUT2D eigenvalue weighted by Crippen LogP contribution is 2.26. The molecule has 0 spiro atoms. The highest BCUT2D eigenvalue weighted by Gasteiger charge is 2.41. The lowest BCUT2D eigenvalue weighted by Gasteiger charge is -2.23. The van der Waals surface area contributed by atoms with E-state index in [1.807, 2.05) is 0 Å². The number of aliphatic hydroxyl groups is 1. The smallest absolute Gasteiger partial charge is 0.333 e. The molecule has 13 heavy (non-hydrogen) atoms. The molecular formula is C9H14O4. The molecule has 2 unspecified atom stereocenters. The van der Waals surface area contributed by atoms with Crippen molar-refractivity contribution < 1.29 is 19.4 Å². The van der Waals surface area contributed by atoms with Crippen LogP contribution >= 0.6 is 0 Å². The van der Waals surface area contributed by atoms with E-state index in [2.05, 4.69) is 6.58 Å². The van der Waals surface area contributed by atoms with Gasteiger partial charge in [-0.15, -0.1) is 0 Å². The maximum atomic E-state index is 11.1. The molecule has 0 radical (unpaired) electrons. The molecule has 74 valence electrons. The van der Waals surface area contributed by atoms with Gasteiger partial charge in [-0.25, -0.2) is 4.79 Å². The van der Waals surface area contributed by atoms with Crippen LogP contribution in [0, 0.1) is 0 Å². The van der Waals surface area contributed by atoms with Gasteiger partial charge in [0.1, 0.15) is 0 Å². The third-order valence-electron chi connectivity index (χ3n) is 1.97. The fourth-order valence-electron chi connectivity index (χ4n) is 1.13. The molecule has 1 aliphatic heterocycles. The summed E-state index contributed by atoms with van der Waals surface area (Å²) >= 11 is 0. The number of rotatable bonds is 2. The van der Waals surface area contributed by atoms with Crippen LogP contribution in [0.4, 0.5) is 0 Å². The maximum absolute atomic E-state index is 11.1. The van der Waals surface area contributed by atoms with Crippen molar-refractivity contribution in [3.05, 3.63) is 12.2 Å². The van der Waals surface area contributed by atoms with E-state index < -0.39 is 17.9 Å². The van der Waals surface area contributed by atoms with Crippen LogP contribution in [0.25, 0.3) is 0 Å². The Morgan fingerprint density at radius 3 is 2.77 bits per heavy atom. The van der Waals surface area contributed by atoms with Crippen molar-refractivity contribution in [1.29, 1.82) is 0 Å². The van der Waals surface area contributed by atoms with E-state index in [0.29, 0.717) is 18.6 Å². The molecule has 1 fully saturated rings. The van der Waals surface area contributed by atoms with Crippen LogP contribution in [0.3, 0.4) is 0 Å². The molecule has 0 saturated carbocycles. The molecule has 4 nitrogen and oxygen atoms in total. The Kier molecular flexibility index (Phi) is 2.73. The minimum atomic E-state index is -1.36. The molecule has 0 aromatic rings. The molecular weight excluding hydrogens is 172 g/mol. The standard InChI is InChI=1S/C9H14O4/c1-6(2)8(10)13-7-4-5-12-9(7,3)11/h7,11H,1,4-5H2,2-3H3. The number of hydrogen-bond acceptors (Lipinski definition) is 4. The average molecular weight is 186 g/mol. The first-order chi connectivity index (χ1) is 5.93. The summed E-state index contributed by atoms with van der Waals surface area (Å²) in [4.78, 5) is 11.1. The van der Waals surface area contributed by atoms with E-state index in [0.717, 1.165) is 0 Å². The second-order valence-corrected chi connectivity index (χ2v) is 3.37. The highest BCUT2D eigenvalue weighted by atomic mass is 16.7. The molecule has 0 aromatic carbocycles. The van der Waals surface area contributed by atoms with Gasteiger partial charge in [-0.2, -0.15) is 0 Å². The van der Waals surface area contributed by atoms with E-state index in [9.17, 15) is 9.90 Å². The quantitative estimate of drug-likeness (QED) is 0.507. The SMILES string of the molecule is C=C(C)C(=O)OC1CCOC1(C)O. The van der Waals surface area contributed by atoms with Crippen LogP contribution < -0.4 is 0 Å². The molecule has 2 atom stereocenters.